The third-order valence-electron chi connectivity index (χ3n) is 2.49. The van der Waals surface area contributed by atoms with Gasteiger partial charge in [0.15, 0.2) is 0 Å². The van der Waals surface area contributed by atoms with E-state index in [9.17, 15) is 4.39 Å². The Morgan fingerprint density at radius 1 is 1.31 bits per heavy atom. The molecule has 0 aliphatic rings. The lowest BCUT2D eigenvalue weighted by molar-refractivity contribution is 0.628. The Hall–Kier alpha value is -1.68. The van der Waals surface area contributed by atoms with Gasteiger partial charge in [-0.05, 0) is 30.7 Å². The van der Waals surface area contributed by atoms with Crippen LogP contribution >= 0.6 is 0 Å². The number of hydrogen-bond donors (Lipinski definition) is 2. The Bertz CT molecular complexity index is 474. The van der Waals surface area contributed by atoms with Gasteiger partial charge in [0.1, 0.15) is 11.6 Å². The first-order valence-electron chi connectivity index (χ1n) is 5.28. The summed E-state index contributed by atoms with van der Waals surface area (Å²) in [6, 6.07) is 6.33. The number of hydrogen-bond acceptors (Lipinski definition) is 2. The van der Waals surface area contributed by atoms with Crippen LogP contribution in [0.2, 0.25) is 0 Å². The molecule has 0 aliphatic heterocycles. The number of nitrogens with zero attached hydrogens (tertiary/aromatic N) is 1. The number of halogens is 1. The summed E-state index contributed by atoms with van der Waals surface area (Å²) < 4.78 is 12.8. The van der Waals surface area contributed by atoms with Crippen LogP contribution in [0.1, 0.15) is 18.4 Å². The Morgan fingerprint density at radius 3 is 2.56 bits per heavy atom. The largest absolute Gasteiger partial charge is 0.344 e. The highest BCUT2D eigenvalue weighted by Gasteiger charge is 2.09. The molecule has 0 amide bonds. The van der Waals surface area contributed by atoms with Gasteiger partial charge in [-0.2, -0.15) is 0 Å². The summed E-state index contributed by atoms with van der Waals surface area (Å²) in [6.45, 7) is 2.43. The fourth-order valence-electron chi connectivity index (χ4n) is 1.66. The van der Waals surface area contributed by atoms with Crippen LogP contribution in [0, 0.1) is 5.82 Å². The molecule has 0 aliphatic carbocycles. The van der Waals surface area contributed by atoms with Crippen molar-refractivity contribution in [2.24, 2.45) is 5.73 Å². The lowest BCUT2D eigenvalue weighted by atomic mass is 10.1. The molecule has 2 rings (SSSR count). The highest BCUT2D eigenvalue weighted by molar-refractivity contribution is 5.62. The average molecular weight is 219 g/mol. The van der Waals surface area contributed by atoms with E-state index in [1.807, 2.05) is 6.92 Å². The van der Waals surface area contributed by atoms with E-state index in [1.165, 1.54) is 12.1 Å². The van der Waals surface area contributed by atoms with Crippen molar-refractivity contribution in [3.63, 3.8) is 0 Å². The highest BCUT2D eigenvalue weighted by atomic mass is 19.1. The molecule has 0 unspecified atom stereocenters. The van der Waals surface area contributed by atoms with Crippen LogP contribution in [0.3, 0.4) is 0 Å². The highest BCUT2D eigenvalue weighted by Crippen LogP contribution is 2.22. The number of nitrogens with one attached hydrogen (secondary N) is 1. The summed E-state index contributed by atoms with van der Waals surface area (Å²) in [5.41, 5.74) is 8.34. The molecule has 0 spiro atoms. The number of nitrogens with two attached hydrogens (primary N) is 1. The molecule has 0 bridgehead atoms. The van der Waals surface area contributed by atoms with Crippen LogP contribution in [0.25, 0.3) is 11.3 Å². The molecular formula is C12H14FN3. The quantitative estimate of drug-likeness (QED) is 0.831. The van der Waals surface area contributed by atoms with E-state index in [0.29, 0.717) is 6.54 Å². The molecule has 1 aromatic carbocycles. The van der Waals surface area contributed by atoms with Crippen molar-refractivity contribution in [2.75, 3.05) is 0 Å². The Morgan fingerprint density at radius 2 is 2.00 bits per heavy atom. The summed E-state index contributed by atoms with van der Waals surface area (Å²) >= 11 is 0. The van der Waals surface area contributed by atoms with Crippen LogP contribution in [0.5, 0.6) is 0 Å². The molecule has 1 aromatic heterocycles. The first kappa shape index (κ1) is 10.8. The maximum atomic E-state index is 12.8. The summed E-state index contributed by atoms with van der Waals surface area (Å²) in [5.74, 6) is 0.521. The molecule has 3 N–H and O–H groups in total. The number of benzene rings is 1. The third kappa shape index (κ3) is 1.97. The average Bonchev–Trinajstić information content (AvgIpc) is 2.73. The standard InChI is InChI=1S/C12H14FN3/c1-2-10-12(16-11(7-14)15-10)8-3-5-9(13)6-4-8/h3-6H,2,7,14H2,1H3,(H,15,16). The predicted molar refractivity (Wildman–Crippen MR) is 61.3 cm³/mol. The van der Waals surface area contributed by atoms with Crippen molar-refractivity contribution >= 4 is 0 Å². The predicted octanol–water partition coefficient (Wildman–Crippen LogP) is 2.24. The summed E-state index contributed by atoms with van der Waals surface area (Å²) in [4.78, 5) is 7.56. The van der Waals surface area contributed by atoms with E-state index < -0.39 is 0 Å². The smallest absolute Gasteiger partial charge is 0.123 e. The van der Waals surface area contributed by atoms with Crippen LogP contribution in [-0.4, -0.2) is 9.97 Å². The number of aromatic nitrogens is 2. The number of aryl methyl sites for hydroxylation is 1. The topological polar surface area (TPSA) is 54.7 Å². The SMILES string of the molecule is CCc1[nH]c(CN)nc1-c1ccc(F)cc1. The maximum Gasteiger partial charge on any atom is 0.123 e. The lowest BCUT2D eigenvalue weighted by Crippen LogP contribution is -1.98. The number of aromatic amines is 1. The molecule has 0 radical (unpaired) electrons. The number of rotatable bonds is 3. The Balaban J connectivity index is 2.45. The number of H-pyrrole nitrogens is 1. The van der Waals surface area contributed by atoms with Crippen LogP contribution in [-0.2, 0) is 13.0 Å². The van der Waals surface area contributed by atoms with Gasteiger partial charge in [0, 0.05) is 11.3 Å². The van der Waals surface area contributed by atoms with Gasteiger partial charge in [-0.25, -0.2) is 9.37 Å². The van der Waals surface area contributed by atoms with Gasteiger partial charge in [-0.3, -0.25) is 0 Å². The van der Waals surface area contributed by atoms with E-state index in [2.05, 4.69) is 9.97 Å². The third-order valence-corrected chi connectivity index (χ3v) is 2.49. The first-order valence-corrected chi connectivity index (χ1v) is 5.28. The Labute approximate surface area is 93.5 Å². The molecule has 3 nitrogen and oxygen atoms in total. The van der Waals surface area contributed by atoms with Gasteiger partial charge in [0.05, 0.1) is 12.2 Å². The van der Waals surface area contributed by atoms with Crippen molar-refractivity contribution in [3.8, 4) is 11.3 Å². The lowest BCUT2D eigenvalue weighted by Gasteiger charge is -1.99. The molecule has 1 heterocycles. The van der Waals surface area contributed by atoms with Crippen LogP contribution in [0.4, 0.5) is 4.39 Å². The van der Waals surface area contributed by atoms with Crippen molar-refractivity contribution in [2.45, 2.75) is 19.9 Å². The zero-order chi connectivity index (χ0) is 11.5. The fraction of sp³-hybridized carbons (Fsp3) is 0.250. The molecule has 4 heteroatoms. The fourth-order valence-corrected chi connectivity index (χ4v) is 1.66. The van der Waals surface area contributed by atoms with Crippen molar-refractivity contribution < 1.29 is 4.39 Å². The molecule has 0 saturated heterocycles. The Kier molecular flexibility index (Phi) is 3.01. The molecule has 2 aromatic rings. The monoisotopic (exact) mass is 219 g/mol. The maximum absolute atomic E-state index is 12.8. The summed E-state index contributed by atoms with van der Waals surface area (Å²) in [5, 5.41) is 0. The van der Waals surface area contributed by atoms with Gasteiger partial charge in [-0.15, -0.1) is 0 Å². The zero-order valence-electron chi connectivity index (χ0n) is 9.13. The molecular weight excluding hydrogens is 205 g/mol. The van der Waals surface area contributed by atoms with Gasteiger partial charge < -0.3 is 10.7 Å². The minimum absolute atomic E-state index is 0.239. The molecule has 0 atom stereocenters. The van der Waals surface area contributed by atoms with Crippen molar-refractivity contribution in [1.82, 2.24) is 9.97 Å². The summed E-state index contributed by atoms with van der Waals surface area (Å²) in [6.07, 6.45) is 0.847. The van der Waals surface area contributed by atoms with Crippen molar-refractivity contribution in [1.29, 1.82) is 0 Å². The van der Waals surface area contributed by atoms with E-state index in [4.69, 9.17) is 5.73 Å². The molecule has 16 heavy (non-hydrogen) atoms. The van der Waals surface area contributed by atoms with Crippen LogP contribution in [0.15, 0.2) is 24.3 Å². The molecule has 0 saturated carbocycles. The van der Waals surface area contributed by atoms with Crippen molar-refractivity contribution in [3.05, 3.63) is 41.6 Å². The number of imidazole rings is 1. The van der Waals surface area contributed by atoms with Gasteiger partial charge in [0.25, 0.3) is 0 Å². The van der Waals surface area contributed by atoms with Crippen LogP contribution < -0.4 is 5.73 Å². The summed E-state index contributed by atoms with van der Waals surface area (Å²) in [7, 11) is 0. The second kappa shape index (κ2) is 4.45. The van der Waals surface area contributed by atoms with Gasteiger partial charge >= 0.3 is 0 Å². The second-order valence-electron chi connectivity index (χ2n) is 3.58. The minimum Gasteiger partial charge on any atom is -0.344 e. The van der Waals surface area contributed by atoms with Gasteiger partial charge in [0.2, 0.25) is 0 Å². The minimum atomic E-state index is -0.239. The first-order chi connectivity index (χ1) is 7.74. The van der Waals surface area contributed by atoms with E-state index in [-0.39, 0.29) is 5.82 Å². The van der Waals surface area contributed by atoms with E-state index >= 15 is 0 Å². The molecule has 0 fully saturated rings. The zero-order valence-corrected chi connectivity index (χ0v) is 9.13. The van der Waals surface area contributed by atoms with Gasteiger partial charge in [-0.1, -0.05) is 6.92 Å². The van der Waals surface area contributed by atoms with E-state index in [0.717, 1.165) is 29.2 Å². The normalized spacial score (nSPS) is 10.7. The molecule has 84 valence electrons. The second-order valence-corrected chi connectivity index (χ2v) is 3.58. The van der Waals surface area contributed by atoms with E-state index in [1.54, 1.807) is 12.1 Å².